The van der Waals surface area contributed by atoms with Crippen LogP contribution in [0.1, 0.15) is 46.8 Å². The van der Waals surface area contributed by atoms with E-state index < -0.39 is 5.60 Å². The maximum Gasteiger partial charge on any atom is 0.262 e. The highest BCUT2D eigenvalue weighted by atomic mass is 32.1. The van der Waals surface area contributed by atoms with Crippen molar-refractivity contribution < 1.29 is 14.7 Å². The van der Waals surface area contributed by atoms with Crippen molar-refractivity contribution in [3.05, 3.63) is 106 Å². The second kappa shape index (κ2) is 12.5. The Labute approximate surface area is 276 Å². The topological polar surface area (TPSA) is 114 Å². The number of rotatable bonds is 6. The van der Waals surface area contributed by atoms with Crippen molar-refractivity contribution in [3.63, 3.8) is 0 Å². The van der Waals surface area contributed by atoms with Gasteiger partial charge in [0, 0.05) is 73.4 Å². The number of aromatic nitrogens is 4. The third-order valence-electron chi connectivity index (χ3n) is 9.79. The highest BCUT2D eigenvalue weighted by Crippen LogP contribution is 2.37. The van der Waals surface area contributed by atoms with E-state index in [0.29, 0.717) is 62.0 Å². The number of benzene rings is 1. The number of amides is 2. The molecule has 6 heterocycles. The molecule has 1 aromatic carbocycles. The lowest BCUT2D eigenvalue weighted by Gasteiger charge is -2.43. The number of nitrogens with zero attached hydrogens (tertiary/aromatic N) is 6. The zero-order valence-corrected chi connectivity index (χ0v) is 27.4. The van der Waals surface area contributed by atoms with Gasteiger partial charge in [-0.2, -0.15) is 0 Å². The van der Waals surface area contributed by atoms with E-state index in [1.165, 1.54) is 10.9 Å². The molecule has 2 amide bonds. The molecule has 47 heavy (non-hydrogen) atoms. The van der Waals surface area contributed by atoms with Gasteiger partial charge in [-0.05, 0) is 61.6 Å². The van der Waals surface area contributed by atoms with Gasteiger partial charge in [-0.1, -0.05) is 30.3 Å². The number of aryl methyl sites for hydroxylation is 2. The standard InChI is InChI=1S/C36H38N6O4S/c1-24-18-26(8-13-37-24)31-19-27(21-47-31)33(43)41-15-10-28(30(20-41)25-6-4-3-5-7-25)34(44)40-16-11-36(46,12-17-40)22-42-23-38-32-29(35(42)45)9-14-39(32)2/h3-9,13-14,18-19,21,23,28,30,46H,10-12,15-17,20,22H2,1-2H3/t28-,30+/m1/s1. The van der Waals surface area contributed by atoms with Gasteiger partial charge in [0.25, 0.3) is 11.5 Å². The van der Waals surface area contributed by atoms with E-state index in [0.717, 1.165) is 21.7 Å². The fraction of sp³-hybridized carbons (Fsp3) is 0.361. The van der Waals surface area contributed by atoms with E-state index in [1.807, 2.05) is 77.7 Å². The average molecular weight is 651 g/mol. The molecule has 10 nitrogen and oxygen atoms in total. The SMILES string of the molecule is Cc1cc(-c2cc(C(=O)N3CC[C@@H](C(=O)N4CCC(O)(Cn5cnc6c(ccn6C)c5=O)CC4)[C@H](c4ccccc4)C3)cs2)ccn1. The lowest BCUT2D eigenvalue weighted by atomic mass is 9.79. The van der Waals surface area contributed by atoms with Crippen LogP contribution in [0, 0.1) is 12.8 Å². The van der Waals surface area contributed by atoms with Crippen LogP contribution in [0.25, 0.3) is 21.5 Å². The first kappa shape index (κ1) is 31.0. The lowest BCUT2D eigenvalue weighted by Crippen LogP contribution is -2.53. The Morgan fingerprint density at radius 1 is 1.02 bits per heavy atom. The molecule has 0 bridgehead atoms. The maximum absolute atomic E-state index is 14.1. The summed E-state index contributed by atoms with van der Waals surface area (Å²) < 4.78 is 3.28. The summed E-state index contributed by atoms with van der Waals surface area (Å²) >= 11 is 1.55. The number of aliphatic hydroxyl groups is 1. The van der Waals surface area contributed by atoms with Gasteiger partial charge < -0.3 is 19.5 Å². The van der Waals surface area contributed by atoms with Crippen molar-refractivity contribution in [3.8, 4) is 10.4 Å². The molecular weight excluding hydrogens is 613 g/mol. The molecule has 2 saturated heterocycles. The van der Waals surface area contributed by atoms with Gasteiger partial charge in [-0.25, -0.2) is 4.98 Å². The Balaban J connectivity index is 1.04. The Kier molecular flexibility index (Phi) is 8.27. The summed E-state index contributed by atoms with van der Waals surface area (Å²) in [4.78, 5) is 54.4. The van der Waals surface area contributed by atoms with Gasteiger partial charge in [-0.15, -0.1) is 11.3 Å². The minimum atomic E-state index is -1.12. The number of hydrogen-bond donors (Lipinski definition) is 1. The van der Waals surface area contributed by atoms with Crippen LogP contribution in [0.5, 0.6) is 0 Å². The smallest absolute Gasteiger partial charge is 0.262 e. The van der Waals surface area contributed by atoms with Crippen molar-refractivity contribution in [2.75, 3.05) is 26.2 Å². The van der Waals surface area contributed by atoms with Crippen LogP contribution in [-0.4, -0.2) is 77.6 Å². The highest BCUT2D eigenvalue weighted by molar-refractivity contribution is 7.13. The second-order valence-electron chi connectivity index (χ2n) is 12.9. The van der Waals surface area contributed by atoms with Gasteiger partial charge in [0.1, 0.15) is 12.0 Å². The number of carbonyl (C=O) groups excluding carboxylic acids is 2. The molecule has 242 valence electrons. The Morgan fingerprint density at radius 3 is 2.57 bits per heavy atom. The molecule has 0 unspecified atom stereocenters. The van der Waals surface area contributed by atoms with Crippen LogP contribution in [0.15, 0.2) is 83.5 Å². The number of piperidine rings is 2. The van der Waals surface area contributed by atoms with E-state index >= 15 is 0 Å². The van der Waals surface area contributed by atoms with E-state index in [-0.39, 0.29) is 35.8 Å². The van der Waals surface area contributed by atoms with Crippen LogP contribution < -0.4 is 5.56 Å². The predicted octanol–water partition coefficient (Wildman–Crippen LogP) is 4.47. The van der Waals surface area contributed by atoms with Gasteiger partial charge in [0.15, 0.2) is 0 Å². The minimum absolute atomic E-state index is 0.0217. The Bertz CT molecular complexity index is 1990. The normalized spacial score (nSPS) is 19.6. The maximum atomic E-state index is 14.1. The third-order valence-corrected chi connectivity index (χ3v) is 10.8. The van der Waals surface area contributed by atoms with Crippen LogP contribution in [-0.2, 0) is 18.4 Å². The summed E-state index contributed by atoms with van der Waals surface area (Å²) in [5, 5.41) is 13.9. The zero-order valence-electron chi connectivity index (χ0n) is 26.6. The first-order valence-corrected chi connectivity index (χ1v) is 16.9. The molecule has 0 aliphatic carbocycles. The summed E-state index contributed by atoms with van der Waals surface area (Å²) in [7, 11) is 1.84. The summed E-state index contributed by atoms with van der Waals surface area (Å²) in [5.74, 6) is -0.391. The van der Waals surface area contributed by atoms with Crippen LogP contribution >= 0.6 is 11.3 Å². The van der Waals surface area contributed by atoms with E-state index in [9.17, 15) is 19.5 Å². The van der Waals surface area contributed by atoms with Crippen molar-refractivity contribution in [2.24, 2.45) is 13.0 Å². The van der Waals surface area contributed by atoms with Crippen LogP contribution in [0.3, 0.4) is 0 Å². The molecule has 0 radical (unpaired) electrons. The second-order valence-corrected chi connectivity index (χ2v) is 13.9. The molecule has 11 heteroatoms. The van der Waals surface area contributed by atoms with E-state index in [2.05, 4.69) is 9.97 Å². The molecule has 0 saturated carbocycles. The fourth-order valence-corrected chi connectivity index (χ4v) is 7.98. The van der Waals surface area contributed by atoms with Crippen molar-refractivity contribution in [2.45, 2.75) is 44.2 Å². The molecule has 1 N–H and O–H groups in total. The quantitative estimate of drug-likeness (QED) is 0.290. The van der Waals surface area contributed by atoms with Gasteiger partial charge in [0.2, 0.25) is 5.91 Å². The Hall–Kier alpha value is -4.61. The number of pyridine rings is 1. The number of thiophene rings is 1. The van der Waals surface area contributed by atoms with Crippen molar-refractivity contribution >= 4 is 34.2 Å². The molecule has 2 fully saturated rings. The monoisotopic (exact) mass is 650 g/mol. The number of carbonyl (C=O) groups is 2. The molecule has 2 aliphatic heterocycles. The number of likely N-dealkylation sites (tertiary alicyclic amines) is 2. The summed E-state index contributed by atoms with van der Waals surface area (Å²) in [6.45, 7) is 3.83. The molecule has 4 aromatic heterocycles. The van der Waals surface area contributed by atoms with Crippen molar-refractivity contribution in [1.82, 2.24) is 28.9 Å². The van der Waals surface area contributed by atoms with E-state index in [1.54, 1.807) is 34.4 Å². The van der Waals surface area contributed by atoms with Gasteiger partial charge in [0.05, 0.1) is 23.1 Å². The number of hydrogen-bond acceptors (Lipinski definition) is 7. The summed E-state index contributed by atoms with van der Waals surface area (Å²) in [6.07, 6.45) is 6.37. The van der Waals surface area contributed by atoms with Gasteiger partial charge >= 0.3 is 0 Å². The molecule has 2 atom stereocenters. The summed E-state index contributed by atoms with van der Waals surface area (Å²) in [6, 6.07) is 17.7. The molecule has 2 aliphatic rings. The molecular formula is C36H38N6O4S. The van der Waals surface area contributed by atoms with Gasteiger partial charge in [-0.3, -0.25) is 23.9 Å². The first-order chi connectivity index (χ1) is 22.7. The average Bonchev–Trinajstić information content (AvgIpc) is 3.74. The molecule has 5 aromatic rings. The third kappa shape index (κ3) is 6.13. The predicted molar refractivity (Wildman–Crippen MR) is 181 cm³/mol. The van der Waals surface area contributed by atoms with E-state index in [4.69, 9.17) is 0 Å². The lowest BCUT2D eigenvalue weighted by molar-refractivity contribution is -0.142. The first-order valence-electron chi connectivity index (χ1n) is 16.1. The number of fused-ring (bicyclic) bond motifs is 1. The minimum Gasteiger partial charge on any atom is -0.388 e. The Morgan fingerprint density at radius 2 is 1.81 bits per heavy atom. The van der Waals surface area contributed by atoms with Crippen molar-refractivity contribution in [1.29, 1.82) is 0 Å². The summed E-state index contributed by atoms with van der Waals surface area (Å²) in [5.41, 5.74) is 2.98. The molecule has 0 spiro atoms. The highest BCUT2D eigenvalue weighted by Gasteiger charge is 2.41. The fourth-order valence-electron chi connectivity index (χ4n) is 7.10. The largest absolute Gasteiger partial charge is 0.388 e. The molecule has 7 rings (SSSR count). The van der Waals surface area contributed by atoms with Crippen LogP contribution in [0.2, 0.25) is 0 Å². The zero-order chi connectivity index (χ0) is 32.7. The van der Waals surface area contributed by atoms with Crippen LogP contribution in [0.4, 0.5) is 0 Å².